The molecule has 2 aliphatic heterocycles. The van der Waals surface area contributed by atoms with Crippen LogP contribution in [0.15, 0.2) is 84.9 Å². The zero-order chi connectivity index (χ0) is 24.9. The van der Waals surface area contributed by atoms with Crippen molar-refractivity contribution in [1.29, 1.82) is 0 Å². The fraction of sp³-hybridized carbons (Fsp3) is 0.333. The number of nitrogens with zero attached hydrogens (tertiary/aromatic N) is 3. The summed E-state index contributed by atoms with van der Waals surface area (Å²) in [5.41, 5.74) is 3.16. The molecule has 0 saturated carbocycles. The lowest BCUT2D eigenvalue weighted by atomic mass is 9.94. The van der Waals surface area contributed by atoms with Crippen LogP contribution in [0.4, 0.5) is 0 Å². The highest BCUT2D eigenvalue weighted by Gasteiger charge is 2.33. The van der Waals surface area contributed by atoms with Crippen LogP contribution in [0.2, 0.25) is 5.02 Å². The molecular formula is C30H32ClN3O2. The highest BCUT2D eigenvalue weighted by atomic mass is 35.5. The number of hydrogen-bond donors (Lipinski definition) is 0. The summed E-state index contributed by atoms with van der Waals surface area (Å²) >= 11 is 6.05. The summed E-state index contributed by atoms with van der Waals surface area (Å²) in [6.45, 7) is 4.35. The van der Waals surface area contributed by atoms with E-state index < -0.39 is 0 Å². The van der Waals surface area contributed by atoms with Crippen LogP contribution in [0.1, 0.15) is 40.4 Å². The summed E-state index contributed by atoms with van der Waals surface area (Å²) in [5.74, 6) is 0.212. The highest BCUT2D eigenvalue weighted by Crippen LogP contribution is 2.30. The van der Waals surface area contributed by atoms with Crippen molar-refractivity contribution >= 4 is 23.4 Å². The summed E-state index contributed by atoms with van der Waals surface area (Å²) in [6, 6.07) is 28.5. The Balaban J connectivity index is 1.18. The molecule has 5 rings (SSSR count). The molecule has 2 aliphatic rings. The number of hydrogen-bond acceptors (Lipinski definition) is 3. The number of benzene rings is 3. The molecule has 3 aromatic carbocycles. The summed E-state index contributed by atoms with van der Waals surface area (Å²) in [4.78, 5) is 32.5. The predicted molar refractivity (Wildman–Crippen MR) is 143 cm³/mol. The van der Waals surface area contributed by atoms with E-state index in [1.54, 1.807) is 24.3 Å². The summed E-state index contributed by atoms with van der Waals surface area (Å²) in [7, 11) is 0. The van der Waals surface area contributed by atoms with Gasteiger partial charge in [0.15, 0.2) is 0 Å². The molecule has 0 unspecified atom stereocenters. The van der Waals surface area contributed by atoms with E-state index in [1.165, 1.54) is 11.1 Å². The van der Waals surface area contributed by atoms with Crippen molar-refractivity contribution in [2.75, 3.05) is 39.3 Å². The molecule has 2 heterocycles. The molecule has 0 radical (unpaired) electrons. The molecule has 0 N–H and O–H groups in total. The Morgan fingerprint density at radius 3 is 1.83 bits per heavy atom. The van der Waals surface area contributed by atoms with Gasteiger partial charge in [-0.05, 0) is 42.2 Å². The van der Waals surface area contributed by atoms with E-state index >= 15 is 0 Å². The molecule has 36 heavy (non-hydrogen) atoms. The Kier molecular flexibility index (Phi) is 7.69. The van der Waals surface area contributed by atoms with E-state index in [0.29, 0.717) is 36.5 Å². The Hall–Kier alpha value is -3.15. The monoisotopic (exact) mass is 501 g/mol. The van der Waals surface area contributed by atoms with E-state index in [0.717, 1.165) is 26.2 Å². The Morgan fingerprint density at radius 2 is 1.28 bits per heavy atom. The summed E-state index contributed by atoms with van der Waals surface area (Å²) in [6.07, 6.45) is 1.42. The van der Waals surface area contributed by atoms with Crippen LogP contribution in [0.3, 0.4) is 0 Å². The van der Waals surface area contributed by atoms with Crippen LogP contribution in [0.5, 0.6) is 0 Å². The lowest BCUT2D eigenvalue weighted by Gasteiger charge is -2.41. The number of carbonyl (C=O) groups excluding carboxylic acids is 2. The molecule has 0 aromatic heterocycles. The minimum atomic E-state index is -0.0148. The van der Waals surface area contributed by atoms with Crippen molar-refractivity contribution < 1.29 is 9.59 Å². The van der Waals surface area contributed by atoms with Crippen molar-refractivity contribution in [3.8, 4) is 0 Å². The third-order valence-corrected chi connectivity index (χ3v) is 7.66. The summed E-state index contributed by atoms with van der Waals surface area (Å²) < 4.78 is 0. The van der Waals surface area contributed by atoms with E-state index in [9.17, 15) is 9.59 Å². The topological polar surface area (TPSA) is 43.9 Å². The fourth-order valence-corrected chi connectivity index (χ4v) is 5.67. The second-order valence-electron chi connectivity index (χ2n) is 9.66. The van der Waals surface area contributed by atoms with E-state index in [2.05, 4.69) is 65.6 Å². The number of piperidine rings is 1. The number of piperazine rings is 1. The molecule has 5 nitrogen and oxygen atoms in total. The zero-order valence-corrected chi connectivity index (χ0v) is 21.2. The number of likely N-dealkylation sites (tertiary alicyclic amines) is 1. The number of amides is 2. The van der Waals surface area contributed by atoms with Gasteiger partial charge in [0.25, 0.3) is 5.91 Å². The first kappa shape index (κ1) is 24.5. The second-order valence-corrected chi connectivity index (χ2v) is 10.1. The lowest BCUT2D eigenvalue weighted by molar-refractivity contribution is -0.139. The van der Waals surface area contributed by atoms with Gasteiger partial charge in [0.05, 0.1) is 6.04 Å². The van der Waals surface area contributed by atoms with Crippen molar-refractivity contribution in [2.24, 2.45) is 5.92 Å². The van der Waals surface area contributed by atoms with Crippen molar-refractivity contribution in [3.63, 3.8) is 0 Å². The van der Waals surface area contributed by atoms with Gasteiger partial charge in [-0.3, -0.25) is 14.5 Å². The molecule has 3 aromatic rings. The lowest BCUT2D eigenvalue weighted by Crippen LogP contribution is -2.52. The predicted octanol–water partition coefficient (Wildman–Crippen LogP) is 5.13. The van der Waals surface area contributed by atoms with Crippen LogP contribution < -0.4 is 0 Å². The molecule has 0 aliphatic carbocycles. The van der Waals surface area contributed by atoms with Crippen LogP contribution in [0, 0.1) is 5.92 Å². The number of carbonyl (C=O) groups is 2. The highest BCUT2D eigenvalue weighted by molar-refractivity contribution is 6.30. The zero-order valence-electron chi connectivity index (χ0n) is 20.4. The van der Waals surface area contributed by atoms with Crippen molar-refractivity contribution in [1.82, 2.24) is 14.7 Å². The van der Waals surface area contributed by atoms with Gasteiger partial charge >= 0.3 is 0 Å². The molecule has 186 valence electrons. The largest absolute Gasteiger partial charge is 0.340 e. The van der Waals surface area contributed by atoms with Crippen molar-refractivity contribution in [3.05, 3.63) is 107 Å². The number of rotatable bonds is 5. The molecule has 2 amide bonds. The summed E-state index contributed by atoms with van der Waals surface area (Å²) in [5, 5.41) is 0.562. The molecule has 0 spiro atoms. The van der Waals surface area contributed by atoms with Gasteiger partial charge in [0, 0.05) is 55.8 Å². The Bertz CT molecular complexity index is 1130. The third kappa shape index (κ3) is 5.48. The van der Waals surface area contributed by atoms with Gasteiger partial charge in [-0.1, -0.05) is 78.3 Å². The smallest absolute Gasteiger partial charge is 0.253 e. The second kappa shape index (κ2) is 11.3. The van der Waals surface area contributed by atoms with Crippen LogP contribution in [0.25, 0.3) is 0 Å². The first-order valence-corrected chi connectivity index (χ1v) is 13.2. The normalized spacial score (nSPS) is 17.4. The molecular weight excluding hydrogens is 470 g/mol. The van der Waals surface area contributed by atoms with Gasteiger partial charge in [-0.2, -0.15) is 0 Å². The molecule has 0 bridgehead atoms. The maximum atomic E-state index is 13.3. The standard InChI is InChI=1S/C30H32ClN3O2/c31-27-13-7-12-26(22-27)30(36)33-16-14-25(15-17-33)29(35)34-20-18-32(19-21-34)28(23-8-3-1-4-9-23)24-10-5-2-6-11-24/h1-13,22,25,28H,14-21H2. The van der Waals surface area contributed by atoms with Gasteiger partial charge in [0.2, 0.25) is 5.91 Å². The van der Waals surface area contributed by atoms with Crippen LogP contribution >= 0.6 is 11.6 Å². The van der Waals surface area contributed by atoms with E-state index in [4.69, 9.17) is 11.6 Å². The molecule has 0 atom stereocenters. The van der Waals surface area contributed by atoms with Crippen molar-refractivity contribution in [2.45, 2.75) is 18.9 Å². The van der Waals surface area contributed by atoms with E-state index in [-0.39, 0.29) is 23.8 Å². The SMILES string of the molecule is O=C(c1cccc(Cl)c1)N1CCC(C(=O)N2CCN(C(c3ccccc3)c3ccccc3)CC2)CC1. The van der Waals surface area contributed by atoms with Gasteiger partial charge in [0.1, 0.15) is 0 Å². The Labute approximate surface area is 218 Å². The van der Waals surface area contributed by atoms with Gasteiger partial charge in [-0.15, -0.1) is 0 Å². The van der Waals surface area contributed by atoms with Gasteiger partial charge in [-0.25, -0.2) is 0 Å². The maximum Gasteiger partial charge on any atom is 0.253 e. The Morgan fingerprint density at radius 1 is 0.694 bits per heavy atom. The average molecular weight is 502 g/mol. The van der Waals surface area contributed by atoms with Crippen LogP contribution in [-0.2, 0) is 4.79 Å². The minimum absolute atomic E-state index is 0.00937. The molecule has 2 saturated heterocycles. The van der Waals surface area contributed by atoms with Gasteiger partial charge < -0.3 is 9.80 Å². The average Bonchev–Trinajstić information content (AvgIpc) is 2.94. The maximum absolute atomic E-state index is 13.3. The third-order valence-electron chi connectivity index (χ3n) is 7.42. The quantitative estimate of drug-likeness (QED) is 0.487. The first-order chi connectivity index (χ1) is 17.6. The van der Waals surface area contributed by atoms with Crippen LogP contribution in [-0.4, -0.2) is 65.8 Å². The fourth-order valence-electron chi connectivity index (χ4n) is 5.48. The number of halogens is 1. The van der Waals surface area contributed by atoms with E-state index in [1.807, 2.05) is 9.80 Å². The molecule has 6 heteroatoms. The first-order valence-electron chi connectivity index (χ1n) is 12.8. The molecule has 2 fully saturated rings. The minimum Gasteiger partial charge on any atom is -0.340 e.